The van der Waals surface area contributed by atoms with Crippen molar-refractivity contribution in [3.8, 4) is 16.9 Å². The van der Waals surface area contributed by atoms with Crippen LogP contribution in [0.1, 0.15) is 13.3 Å². The number of benzene rings is 2. The lowest BCUT2D eigenvalue weighted by atomic mass is 9.73. The molecule has 2 unspecified atom stereocenters. The van der Waals surface area contributed by atoms with Gasteiger partial charge in [-0.1, -0.05) is 36.4 Å². The molecular formula is C29H26ClN3O. The Morgan fingerprint density at radius 2 is 1.79 bits per heavy atom. The van der Waals surface area contributed by atoms with Crippen LogP contribution in [0.25, 0.3) is 11.1 Å². The van der Waals surface area contributed by atoms with Crippen molar-refractivity contribution in [2.75, 3.05) is 11.4 Å². The normalized spacial score (nSPS) is 22.6. The molecule has 1 fully saturated rings. The predicted octanol–water partition coefficient (Wildman–Crippen LogP) is 6.63. The molecule has 0 amide bonds. The molecule has 34 heavy (non-hydrogen) atoms. The highest BCUT2D eigenvalue weighted by Crippen LogP contribution is 2.48. The molecular weight excluding hydrogens is 442 g/mol. The Morgan fingerprint density at radius 3 is 2.56 bits per heavy atom. The first-order valence-electron chi connectivity index (χ1n) is 11.4. The number of hydrogen-bond acceptors (Lipinski definition) is 4. The van der Waals surface area contributed by atoms with E-state index in [1.807, 2.05) is 48.8 Å². The van der Waals surface area contributed by atoms with Crippen molar-refractivity contribution < 1.29 is 4.74 Å². The van der Waals surface area contributed by atoms with Crippen LogP contribution in [0.2, 0.25) is 0 Å². The molecule has 5 heteroatoms. The molecule has 1 aliphatic carbocycles. The number of halogens is 1. The molecule has 3 heterocycles. The fourth-order valence-corrected chi connectivity index (χ4v) is 5.34. The molecule has 170 valence electrons. The molecule has 2 atom stereocenters. The Hall–Kier alpha value is -3.63. The minimum Gasteiger partial charge on any atom is -0.457 e. The molecule has 1 saturated heterocycles. The zero-order chi connectivity index (χ0) is 22.3. The highest BCUT2D eigenvalue weighted by molar-refractivity contribution is 6.10. The summed E-state index contributed by atoms with van der Waals surface area (Å²) in [6.45, 7) is 3.18. The Morgan fingerprint density at radius 1 is 0.971 bits per heavy atom. The first-order valence-corrected chi connectivity index (χ1v) is 11.4. The second kappa shape index (κ2) is 8.96. The van der Waals surface area contributed by atoms with Crippen molar-refractivity contribution in [3.05, 3.63) is 115 Å². The molecule has 6 rings (SSSR count). The van der Waals surface area contributed by atoms with E-state index in [-0.39, 0.29) is 17.9 Å². The van der Waals surface area contributed by atoms with Crippen LogP contribution in [0.3, 0.4) is 0 Å². The van der Waals surface area contributed by atoms with Gasteiger partial charge in [-0.3, -0.25) is 9.98 Å². The van der Waals surface area contributed by atoms with Gasteiger partial charge in [-0.25, -0.2) is 0 Å². The van der Waals surface area contributed by atoms with Crippen LogP contribution in [-0.4, -0.2) is 22.8 Å². The molecule has 1 aromatic heterocycles. The first kappa shape index (κ1) is 22.2. The largest absolute Gasteiger partial charge is 0.457 e. The standard InChI is InChI=1S/C29H25N3O.ClH/c1-21-19-31-28-18-26(33-25-7-3-2-4-8-25)13-15-29(28)27(21)14-17-32(29)24-11-9-22(10-12-24)23-6-5-16-30-20-23;/h2-13,15-16,18-20,27H,14,17H2,1H3;1H. The van der Waals surface area contributed by atoms with Gasteiger partial charge < -0.3 is 9.64 Å². The Kier molecular flexibility index (Phi) is 5.84. The average Bonchev–Trinajstić information content (AvgIpc) is 3.26. The number of aromatic nitrogens is 1. The van der Waals surface area contributed by atoms with E-state index in [4.69, 9.17) is 9.73 Å². The maximum absolute atomic E-state index is 6.13. The molecule has 0 radical (unpaired) electrons. The number of hydrogen-bond donors (Lipinski definition) is 0. The second-order valence-corrected chi connectivity index (χ2v) is 8.79. The van der Waals surface area contributed by atoms with Crippen LogP contribution >= 0.6 is 12.4 Å². The highest BCUT2D eigenvalue weighted by Gasteiger charge is 2.53. The number of rotatable bonds is 4. The van der Waals surface area contributed by atoms with Crippen molar-refractivity contribution in [2.24, 2.45) is 10.9 Å². The quantitative estimate of drug-likeness (QED) is 0.432. The Balaban J connectivity index is 0.00000241. The summed E-state index contributed by atoms with van der Waals surface area (Å²) in [5, 5.41) is 0. The topological polar surface area (TPSA) is 37.7 Å². The van der Waals surface area contributed by atoms with Crippen LogP contribution in [0, 0.1) is 5.92 Å². The van der Waals surface area contributed by atoms with Crippen molar-refractivity contribution in [1.29, 1.82) is 0 Å². The van der Waals surface area contributed by atoms with Crippen LogP contribution < -0.4 is 9.64 Å². The smallest absolute Gasteiger partial charge is 0.129 e. The van der Waals surface area contributed by atoms with E-state index in [1.165, 1.54) is 16.8 Å². The molecule has 2 aromatic carbocycles. The van der Waals surface area contributed by atoms with E-state index in [0.29, 0.717) is 5.92 Å². The number of pyridine rings is 1. The van der Waals surface area contributed by atoms with Crippen LogP contribution in [-0.2, 0) is 0 Å². The van der Waals surface area contributed by atoms with E-state index >= 15 is 0 Å². The fraction of sp³-hybridized carbons (Fsp3) is 0.172. The number of nitrogens with zero attached hydrogens (tertiary/aromatic N) is 3. The van der Waals surface area contributed by atoms with Gasteiger partial charge in [0.1, 0.15) is 17.0 Å². The number of para-hydroxylation sites is 1. The van der Waals surface area contributed by atoms with Gasteiger partial charge >= 0.3 is 0 Å². The summed E-state index contributed by atoms with van der Waals surface area (Å²) in [5.41, 5.74) is 5.60. The van der Waals surface area contributed by atoms with Crippen molar-refractivity contribution in [2.45, 2.75) is 18.9 Å². The van der Waals surface area contributed by atoms with E-state index in [1.54, 1.807) is 6.20 Å². The molecule has 1 spiro atoms. The third kappa shape index (κ3) is 3.64. The maximum atomic E-state index is 6.13. The summed E-state index contributed by atoms with van der Waals surface area (Å²) in [5.74, 6) is 2.04. The maximum Gasteiger partial charge on any atom is 0.129 e. The van der Waals surface area contributed by atoms with Crippen LogP contribution in [0.15, 0.2) is 120 Å². The summed E-state index contributed by atoms with van der Waals surface area (Å²) in [4.78, 5) is 11.7. The number of anilines is 1. The van der Waals surface area contributed by atoms with Crippen LogP contribution in [0.5, 0.6) is 5.75 Å². The van der Waals surface area contributed by atoms with Gasteiger partial charge in [-0.05, 0) is 72.5 Å². The van der Waals surface area contributed by atoms with E-state index in [2.05, 4.69) is 65.4 Å². The average molecular weight is 468 g/mol. The Labute approximate surface area is 206 Å². The molecule has 0 saturated carbocycles. The Bertz CT molecular complexity index is 1300. The predicted molar refractivity (Wildman–Crippen MR) is 141 cm³/mol. The minimum absolute atomic E-state index is 0. The number of aliphatic imine (C=N–C) groups is 1. The van der Waals surface area contributed by atoms with Gasteiger partial charge in [0, 0.05) is 42.8 Å². The zero-order valence-electron chi connectivity index (χ0n) is 19.0. The summed E-state index contributed by atoms with van der Waals surface area (Å²) in [7, 11) is 0. The van der Waals surface area contributed by atoms with Gasteiger partial charge in [0.15, 0.2) is 0 Å². The molecule has 4 nitrogen and oxygen atoms in total. The van der Waals surface area contributed by atoms with Crippen LogP contribution in [0.4, 0.5) is 5.69 Å². The lowest BCUT2D eigenvalue weighted by Crippen LogP contribution is -2.55. The molecule has 2 aliphatic heterocycles. The first-order chi connectivity index (χ1) is 16.2. The molecule has 0 bridgehead atoms. The lowest BCUT2D eigenvalue weighted by molar-refractivity contribution is 0.437. The van der Waals surface area contributed by atoms with E-state index in [9.17, 15) is 0 Å². The van der Waals surface area contributed by atoms with Gasteiger partial charge in [0.25, 0.3) is 0 Å². The lowest BCUT2D eigenvalue weighted by Gasteiger charge is -2.45. The zero-order valence-corrected chi connectivity index (χ0v) is 19.8. The van der Waals surface area contributed by atoms with Gasteiger partial charge in [0.05, 0.1) is 5.71 Å². The molecule has 0 N–H and O–H groups in total. The van der Waals surface area contributed by atoms with Crippen molar-refractivity contribution in [1.82, 2.24) is 4.98 Å². The SMILES string of the molecule is CC1=CN=C2C=C(Oc3ccccc3)C=CC23C1CCN3c1ccc(-c2cccnc2)cc1.Cl. The molecule has 3 aliphatic rings. The van der Waals surface area contributed by atoms with Gasteiger partial charge in [-0.15, -0.1) is 12.4 Å². The molecule has 3 aromatic rings. The van der Waals surface area contributed by atoms with E-state index < -0.39 is 0 Å². The summed E-state index contributed by atoms with van der Waals surface area (Å²) in [6, 6.07) is 22.8. The van der Waals surface area contributed by atoms with Gasteiger partial charge in [0.2, 0.25) is 0 Å². The summed E-state index contributed by atoms with van der Waals surface area (Å²) < 4.78 is 6.13. The van der Waals surface area contributed by atoms with E-state index in [0.717, 1.165) is 35.7 Å². The minimum atomic E-state index is -0.280. The third-order valence-electron chi connectivity index (χ3n) is 6.92. The summed E-state index contributed by atoms with van der Waals surface area (Å²) in [6.07, 6.45) is 13.3. The second-order valence-electron chi connectivity index (χ2n) is 8.79. The number of ether oxygens (including phenoxy) is 1. The third-order valence-corrected chi connectivity index (χ3v) is 6.92. The van der Waals surface area contributed by atoms with Crippen molar-refractivity contribution in [3.63, 3.8) is 0 Å². The highest BCUT2D eigenvalue weighted by atomic mass is 35.5. The fourth-order valence-electron chi connectivity index (χ4n) is 5.34. The number of allylic oxidation sites excluding steroid dienone is 1. The van der Waals surface area contributed by atoms with Gasteiger partial charge in [-0.2, -0.15) is 0 Å². The summed E-state index contributed by atoms with van der Waals surface area (Å²) >= 11 is 0. The van der Waals surface area contributed by atoms with Crippen molar-refractivity contribution >= 4 is 23.8 Å². The monoisotopic (exact) mass is 467 g/mol.